The highest BCUT2D eigenvalue weighted by Crippen LogP contribution is 2.24. The SMILES string of the molecule is Cc1ccc(Nc2ncc(C)c(Nc3ccc(CNS(=O)(=O)CC(F)(F)F)cc3)n2)cc1S(N)(=O)=O. The van der Waals surface area contributed by atoms with Crippen LogP contribution in [0.2, 0.25) is 0 Å². The van der Waals surface area contributed by atoms with Gasteiger partial charge in [-0.05, 0) is 49.2 Å². The second kappa shape index (κ2) is 10.4. The Bertz CT molecular complexity index is 1460. The highest BCUT2D eigenvalue weighted by molar-refractivity contribution is 7.89. The second-order valence-electron chi connectivity index (χ2n) is 7.89. The van der Waals surface area contributed by atoms with Gasteiger partial charge in [0.15, 0.2) is 5.75 Å². The van der Waals surface area contributed by atoms with Crippen molar-refractivity contribution in [2.75, 3.05) is 16.4 Å². The van der Waals surface area contributed by atoms with Gasteiger partial charge in [0.25, 0.3) is 0 Å². The lowest BCUT2D eigenvalue weighted by Gasteiger charge is -2.13. The number of aromatic nitrogens is 2. The molecular weight excluding hydrogens is 521 g/mol. The van der Waals surface area contributed by atoms with Gasteiger partial charge in [0, 0.05) is 29.7 Å². The Morgan fingerprint density at radius 2 is 1.56 bits per heavy atom. The fourth-order valence-corrected chi connectivity index (χ4v) is 4.77. The number of anilines is 4. The van der Waals surface area contributed by atoms with Crippen molar-refractivity contribution in [2.24, 2.45) is 5.14 Å². The van der Waals surface area contributed by atoms with Crippen molar-refractivity contribution >= 4 is 43.2 Å². The quantitative estimate of drug-likeness (QED) is 0.320. The van der Waals surface area contributed by atoms with E-state index in [1.165, 1.54) is 6.07 Å². The molecule has 1 heterocycles. The summed E-state index contributed by atoms with van der Waals surface area (Å²) in [6.45, 7) is 3.09. The molecular formula is C21H23F3N6O4S2. The van der Waals surface area contributed by atoms with E-state index in [0.29, 0.717) is 33.9 Å². The van der Waals surface area contributed by atoms with E-state index >= 15 is 0 Å². The summed E-state index contributed by atoms with van der Waals surface area (Å²) in [5.74, 6) is -1.33. The zero-order chi connectivity index (χ0) is 26.7. The highest BCUT2D eigenvalue weighted by atomic mass is 32.2. The first kappa shape index (κ1) is 27.3. The van der Waals surface area contributed by atoms with E-state index in [1.807, 2.05) is 4.72 Å². The van der Waals surface area contributed by atoms with Crippen LogP contribution < -0.4 is 20.5 Å². The number of sulfonamides is 2. The van der Waals surface area contributed by atoms with E-state index in [-0.39, 0.29) is 17.4 Å². The molecule has 0 atom stereocenters. The zero-order valence-electron chi connectivity index (χ0n) is 19.1. The number of halogens is 3. The van der Waals surface area contributed by atoms with Crippen molar-refractivity contribution in [3.05, 3.63) is 65.4 Å². The summed E-state index contributed by atoms with van der Waals surface area (Å²) in [5, 5.41) is 11.3. The largest absolute Gasteiger partial charge is 0.404 e. The minimum absolute atomic E-state index is 0.0289. The van der Waals surface area contributed by atoms with Crippen LogP contribution in [-0.4, -0.2) is 38.7 Å². The number of benzene rings is 2. The molecule has 3 aromatic rings. The van der Waals surface area contributed by atoms with Crippen LogP contribution in [0.3, 0.4) is 0 Å². The van der Waals surface area contributed by atoms with Crippen molar-refractivity contribution in [2.45, 2.75) is 31.5 Å². The van der Waals surface area contributed by atoms with Gasteiger partial charge in [0.05, 0.1) is 4.90 Å². The Kier molecular flexibility index (Phi) is 7.88. The number of alkyl halides is 3. The molecule has 5 N–H and O–H groups in total. The summed E-state index contributed by atoms with van der Waals surface area (Å²) in [7, 11) is -8.41. The van der Waals surface area contributed by atoms with Crippen LogP contribution in [0.4, 0.5) is 36.3 Å². The van der Waals surface area contributed by atoms with Gasteiger partial charge in [-0.2, -0.15) is 18.2 Å². The maximum Gasteiger partial charge on any atom is 0.404 e. The average molecular weight is 545 g/mol. The van der Waals surface area contributed by atoms with Gasteiger partial charge in [-0.25, -0.2) is 31.7 Å². The summed E-state index contributed by atoms with van der Waals surface area (Å²) < 4.78 is 85.4. The normalized spacial score (nSPS) is 12.4. The molecule has 15 heteroatoms. The number of hydrogen-bond acceptors (Lipinski definition) is 8. The predicted molar refractivity (Wildman–Crippen MR) is 129 cm³/mol. The van der Waals surface area contributed by atoms with Gasteiger partial charge in [-0.15, -0.1) is 0 Å². The molecule has 3 rings (SSSR count). The van der Waals surface area contributed by atoms with Crippen LogP contribution in [0.15, 0.2) is 53.6 Å². The third-order valence-electron chi connectivity index (χ3n) is 4.79. The number of hydrogen-bond donors (Lipinski definition) is 4. The lowest BCUT2D eigenvalue weighted by atomic mass is 10.2. The molecule has 0 aliphatic rings. The molecule has 36 heavy (non-hydrogen) atoms. The van der Waals surface area contributed by atoms with Crippen LogP contribution in [0.25, 0.3) is 0 Å². The van der Waals surface area contributed by atoms with E-state index in [0.717, 1.165) is 0 Å². The Balaban J connectivity index is 1.70. The fourth-order valence-electron chi connectivity index (χ4n) is 3.04. The third-order valence-corrected chi connectivity index (χ3v) is 7.13. The zero-order valence-corrected chi connectivity index (χ0v) is 20.7. The standard InChI is InChI=1S/C21H23F3N6O4S2/c1-13-3-6-17(9-18(13)36(25,33)34)29-20-26-10-14(2)19(30-20)28-16-7-4-15(5-8-16)11-27-35(31,32)12-21(22,23)24/h3-10,27H,11-12H2,1-2H3,(H2,25,33,34)(H2,26,28,29,30). The molecule has 0 unspecified atom stereocenters. The third kappa shape index (κ3) is 7.87. The molecule has 1 aromatic heterocycles. The molecule has 0 radical (unpaired) electrons. The molecule has 0 fully saturated rings. The number of nitrogens with two attached hydrogens (primary N) is 1. The Hall–Kier alpha value is -3.27. The van der Waals surface area contributed by atoms with Gasteiger partial charge in [0.2, 0.25) is 26.0 Å². The van der Waals surface area contributed by atoms with Crippen molar-refractivity contribution in [1.29, 1.82) is 0 Å². The molecule has 0 amide bonds. The van der Waals surface area contributed by atoms with E-state index in [9.17, 15) is 30.0 Å². The van der Waals surface area contributed by atoms with Gasteiger partial charge >= 0.3 is 6.18 Å². The maximum atomic E-state index is 12.3. The van der Waals surface area contributed by atoms with Gasteiger partial charge in [-0.1, -0.05) is 18.2 Å². The molecule has 0 saturated heterocycles. The summed E-state index contributed by atoms with van der Waals surface area (Å²) >= 11 is 0. The van der Waals surface area contributed by atoms with Crippen LogP contribution in [-0.2, 0) is 26.6 Å². The maximum absolute atomic E-state index is 12.3. The monoisotopic (exact) mass is 544 g/mol. The first-order chi connectivity index (χ1) is 16.6. The molecule has 194 valence electrons. The highest BCUT2D eigenvalue weighted by Gasteiger charge is 2.34. The second-order valence-corrected chi connectivity index (χ2v) is 11.2. The predicted octanol–water partition coefficient (Wildman–Crippen LogP) is 3.21. The smallest absolute Gasteiger partial charge is 0.340 e. The van der Waals surface area contributed by atoms with Gasteiger partial charge in [0.1, 0.15) is 5.82 Å². The number of nitrogens with one attached hydrogen (secondary N) is 3. The molecule has 0 aliphatic heterocycles. The van der Waals surface area contributed by atoms with Crippen molar-refractivity contribution in [1.82, 2.24) is 14.7 Å². The van der Waals surface area contributed by atoms with Crippen molar-refractivity contribution < 1.29 is 30.0 Å². The number of primary sulfonamides is 1. The summed E-state index contributed by atoms with van der Waals surface area (Å²) in [4.78, 5) is 8.55. The summed E-state index contributed by atoms with van der Waals surface area (Å²) in [5.41, 5.74) is 2.64. The van der Waals surface area contributed by atoms with E-state index < -0.39 is 32.0 Å². The van der Waals surface area contributed by atoms with Crippen LogP contribution in [0.5, 0.6) is 0 Å². The Labute approximate surface area is 206 Å². The van der Waals surface area contributed by atoms with Crippen LogP contribution in [0.1, 0.15) is 16.7 Å². The Morgan fingerprint density at radius 3 is 2.17 bits per heavy atom. The minimum Gasteiger partial charge on any atom is -0.340 e. The molecule has 0 bridgehead atoms. The molecule has 0 saturated carbocycles. The molecule has 0 aliphatic carbocycles. The number of aryl methyl sites for hydroxylation is 2. The summed E-state index contributed by atoms with van der Waals surface area (Å²) in [6.07, 6.45) is -3.27. The summed E-state index contributed by atoms with van der Waals surface area (Å²) in [6, 6.07) is 11.0. The van der Waals surface area contributed by atoms with E-state index in [4.69, 9.17) is 5.14 Å². The topological polar surface area (TPSA) is 156 Å². The van der Waals surface area contributed by atoms with Crippen LogP contribution in [0, 0.1) is 13.8 Å². The van der Waals surface area contributed by atoms with Crippen molar-refractivity contribution in [3.8, 4) is 0 Å². The fraction of sp³-hybridized carbons (Fsp3) is 0.238. The Morgan fingerprint density at radius 1 is 0.917 bits per heavy atom. The molecule has 2 aromatic carbocycles. The number of nitrogens with zero attached hydrogens (tertiary/aromatic N) is 2. The lowest BCUT2D eigenvalue weighted by molar-refractivity contribution is -0.106. The lowest BCUT2D eigenvalue weighted by Crippen LogP contribution is -2.33. The molecule has 10 nitrogen and oxygen atoms in total. The van der Waals surface area contributed by atoms with Crippen LogP contribution >= 0.6 is 0 Å². The first-order valence-electron chi connectivity index (χ1n) is 10.3. The first-order valence-corrected chi connectivity index (χ1v) is 13.5. The van der Waals surface area contributed by atoms with Gasteiger partial charge < -0.3 is 10.6 Å². The van der Waals surface area contributed by atoms with Crippen molar-refractivity contribution in [3.63, 3.8) is 0 Å². The number of rotatable bonds is 9. The van der Waals surface area contributed by atoms with Gasteiger partial charge in [-0.3, -0.25) is 0 Å². The average Bonchev–Trinajstić information content (AvgIpc) is 2.74. The minimum atomic E-state index is -4.83. The molecule has 0 spiro atoms. The van der Waals surface area contributed by atoms with E-state index in [1.54, 1.807) is 56.4 Å². The van der Waals surface area contributed by atoms with E-state index in [2.05, 4.69) is 20.6 Å².